The summed E-state index contributed by atoms with van der Waals surface area (Å²) in [6.07, 6.45) is 0. The summed E-state index contributed by atoms with van der Waals surface area (Å²) in [5.74, 6) is 0.178. The summed E-state index contributed by atoms with van der Waals surface area (Å²) in [7, 11) is 0. The van der Waals surface area contributed by atoms with E-state index in [1.807, 2.05) is 12.1 Å². The fraction of sp³-hybridized carbons (Fsp3) is 0.417. The van der Waals surface area contributed by atoms with E-state index < -0.39 is 0 Å². The van der Waals surface area contributed by atoms with E-state index in [0.717, 1.165) is 4.47 Å². The van der Waals surface area contributed by atoms with Crippen molar-refractivity contribution in [2.75, 3.05) is 6.61 Å². The van der Waals surface area contributed by atoms with Crippen molar-refractivity contribution in [2.24, 2.45) is 0 Å². The maximum atomic E-state index is 11.5. The van der Waals surface area contributed by atoms with E-state index in [9.17, 15) is 4.79 Å². The molecule has 1 aromatic carbocycles. The molecule has 0 saturated heterocycles. The summed E-state index contributed by atoms with van der Waals surface area (Å²) < 4.78 is 5.74. The van der Waals surface area contributed by atoms with Gasteiger partial charge in [-0.3, -0.25) is 0 Å². The summed E-state index contributed by atoms with van der Waals surface area (Å²) in [5, 5.41) is 0. The molecule has 15 heavy (non-hydrogen) atoms. The Hall–Kier alpha value is -0.830. The molecule has 1 rings (SSSR count). The van der Waals surface area contributed by atoms with Gasteiger partial charge in [0.2, 0.25) is 0 Å². The number of esters is 1. The smallest absolute Gasteiger partial charge is 0.339 e. The van der Waals surface area contributed by atoms with Crippen LogP contribution in [0.15, 0.2) is 22.7 Å². The second kappa shape index (κ2) is 5.31. The van der Waals surface area contributed by atoms with Crippen molar-refractivity contribution in [3.8, 4) is 0 Å². The van der Waals surface area contributed by atoms with Gasteiger partial charge in [-0.25, -0.2) is 4.79 Å². The van der Waals surface area contributed by atoms with Crippen molar-refractivity contribution >= 4 is 21.9 Å². The van der Waals surface area contributed by atoms with Gasteiger partial charge in [0.15, 0.2) is 0 Å². The summed E-state index contributed by atoms with van der Waals surface area (Å²) in [6, 6.07) is 5.73. The Morgan fingerprint density at radius 3 is 2.60 bits per heavy atom. The molecule has 0 saturated carbocycles. The Balaban J connectivity index is 2.98. The van der Waals surface area contributed by atoms with Gasteiger partial charge in [-0.15, -0.1) is 0 Å². The highest BCUT2D eigenvalue weighted by Gasteiger charge is 2.11. The van der Waals surface area contributed by atoms with E-state index in [-0.39, 0.29) is 5.97 Å². The average molecular weight is 271 g/mol. The third-order valence-electron chi connectivity index (χ3n) is 2.16. The number of carbonyl (C=O) groups is 1. The van der Waals surface area contributed by atoms with Crippen LogP contribution in [0.25, 0.3) is 0 Å². The first-order valence-corrected chi connectivity index (χ1v) is 5.82. The summed E-state index contributed by atoms with van der Waals surface area (Å²) >= 11 is 3.39. The highest BCUT2D eigenvalue weighted by Crippen LogP contribution is 2.23. The van der Waals surface area contributed by atoms with Crippen LogP contribution in [0.5, 0.6) is 0 Å². The molecule has 0 amide bonds. The molecule has 0 aliphatic carbocycles. The number of hydrogen-bond acceptors (Lipinski definition) is 2. The fourth-order valence-corrected chi connectivity index (χ4v) is 1.82. The van der Waals surface area contributed by atoms with Gasteiger partial charge < -0.3 is 4.74 Å². The molecule has 0 aliphatic rings. The molecule has 0 bridgehead atoms. The molecular weight excluding hydrogens is 256 g/mol. The van der Waals surface area contributed by atoms with Gasteiger partial charge in [0.25, 0.3) is 0 Å². The molecule has 1 aromatic rings. The lowest BCUT2D eigenvalue weighted by atomic mass is 10.0. The molecular formula is C12H15BrO2. The first-order valence-electron chi connectivity index (χ1n) is 5.02. The normalized spacial score (nSPS) is 10.5. The number of carbonyl (C=O) groups excluding carboxylic acids is 1. The van der Waals surface area contributed by atoms with Gasteiger partial charge >= 0.3 is 5.97 Å². The highest BCUT2D eigenvalue weighted by molar-refractivity contribution is 9.10. The van der Waals surface area contributed by atoms with Crippen molar-refractivity contribution in [2.45, 2.75) is 26.7 Å². The molecule has 0 aromatic heterocycles. The quantitative estimate of drug-likeness (QED) is 0.782. The lowest BCUT2D eigenvalue weighted by Gasteiger charge is -2.09. The zero-order chi connectivity index (χ0) is 11.4. The second-order valence-corrected chi connectivity index (χ2v) is 4.47. The van der Waals surface area contributed by atoms with E-state index in [4.69, 9.17) is 4.74 Å². The Labute approximate surface area is 98.8 Å². The van der Waals surface area contributed by atoms with Crippen molar-refractivity contribution in [1.82, 2.24) is 0 Å². The maximum Gasteiger partial charge on any atom is 0.339 e. The van der Waals surface area contributed by atoms with Crippen molar-refractivity contribution in [3.05, 3.63) is 33.8 Å². The highest BCUT2D eigenvalue weighted by atomic mass is 79.9. The van der Waals surface area contributed by atoms with Crippen LogP contribution in [0.4, 0.5) is 0 Å². The monoisotopic (exact) mass is 270 g/mol. The van der Waals surface area contributed by atoms with E-state index >= 15 is 0 Å². The first kappa shape index (κ1) is 12.2. The zero-order valence-electron chi connectivity index (χ0n) is 9.21. The van der Waals surface area contributed by atoms with Crippen LogP contribution in [0.3, 0.4) is 0 Å². The van der Waals surface area contributed by atoms with Gasteiger partial charge in [0.05, 0.1) is 12.2 Å². The molecule has 0 spiro atoms. The molecule has 0 radical (unpaired) electrons. The van der Waals surface area contributed by atoms with Gasteiger partial charge in [0, 0.05) is 4.47 Å². The number of hydrogen-bond donors (Lipinski definition) is 0. The Bertz CT molecular complexity index is 359. The van der Waals surface area contributed by atoms with Gasteiger partial charge in [-0.1, -0.05) is 19.9 Å². The van der Waals surface area contributed by atoms with E-state index in [1.54, 1.807) is 13.0 Å². The number of halogens is 1. The first-order chi connectivity index (χ1) is 7.06. The van der Waals surface area contributed by atoms with Crippen LogP contribution >= 0.6 is 15.9 Å². The third kappa shape index (κ3) is 3.06. The number of rotatable bonds is 3. The number of ether oxygens (including phenoxy) is 1. The molecule has 0 atom stereocenters. The van der Waals surface area contributed by atoms with E-state index in [0.29, 0.717) is 18.1 Å². The number of benzene rings is 1. The predicted molar refractivity (Wildman–Crippen MR) is 64.2 cm³/mol. The molecule has 0 aliphatic heterocycles. The Morgan fingerprint density at radius 1 is 1.47 bits per heavy atom. The lowest BCUT2D eigenvalue weighted by molar-refractivity contribution is 0.0525. The molecule has 2 nitrogen and oxygen atoms in total. The summed E-state index contributed by atoms with van der Waals surface area (Å²) in [4.78, 5) is 11.5. The van der Waals surface area contributed by atoms with E-state index in [1.165, 1.54) is 5.56 Å². The molecule has 0 fully saturated rings. The van der Waals surface area contributed by atoms with Gasteiger partial charge in [0.1, 0.15) is 0 Å². The Kier molecular flexibility index (Phi) is 4.33. The largest absolute Gasteiger partial charge is 0.462 e. The maximum absolute atomic E-state index is 11.5. The van der Waals surface area contributed by atoms with Crippen LogP contribution in [-0.4, -0.2) is 12.6 Å². The van der Waals surface area contributed by atoms with Gasteiger partial charge in [-0.2, -0.15) is 0 Å². The van der Waals surface area contributed by atoms with Gasteiger partial charge in [-0.05, 0) is 46.5 Å². The van der Waals surface area contributed by atoms with Crippen molar-refractivity contribution in [3.63, 3.8) is 0 Å². The van der Waals surface area contributed by atoms with Crippen molar-refractivity contribution in [1.29, 1.82) is 0 Å². The van der Waals surface area contributed by atoms with Crippen molar-refractivity contribution < 1.29 is 9.53 Å². The van der Waals surface area contributed by atoms with Crippen LogP contribution < -0.4 is 0 Å². The summed E-state index contributed by atoms with van der Waals surface area (Å²) in [5.41, 5.74) is 1.79. The lowest BCUT2D eigenvalue weighted by Crippen LogP contribution is -2.05. The predicted octanol–water partition coefficient (Wildman–Crippen LogP) is 3.75. The minimum absolute atomic E-state index is 0.278. The Morgan fingerprint density at radius 2 is 2.13 bits per heavy atom. The standard InChI is InChI=1S/C12H15BrO2/c1-4-15-12(14)10-6-5-9(8(2)3)7-11(10)13/h5-8H,4H2,1-3H3. The van der Waals surface area contributed by atoms with Crippen LogP contribution in [0, 0.1) is 0 Å². The topological polar surface area (TPSA) is 26.3 Å². The molecule has 82 valence electrons. The molecule has 3 heteroatoms. The van der Waals surface area contributed by atoms with E-state index in [2.05, 4.69) is 29.8 Å². The van der Waals surface area contributed by atoms with Crippen LogP contribution in [0.1, 0.15) is 42.6 Å². The minimum Gasteiger partial charge on any atom is -0.462 e. The average Bonchev–Trinajstić information content (AvgIpc) is 2.17. The minimum atomic E-state index is -0.278. The molecule has 0 heterocycles. The molecule has 0 N–H and O–H groups in total. The zero-order valence-corrected chi connectivity index (χ0v) is 10.8. The fourth-order valence-electron chi connectivity index (χ4n) is 1.26. The SMILES string of the molecule is CCOC(=O)c1ccc(C(C)C)cc1Br. The second-order valence-electron chi connectivity index (χ2n) is 3.61. The van der Waals surface area contributed by atoms with Crippen LogP contribution in [-0.2, 0) is 4.74 Å². The van der Waals surface area contributed by atoms with Crippen LogP contribution in [0.2, 0.25) is 0 Å². The third-order valence-corrected chi connectivity index (χ3v) is 2.81. The summed E-state index contributed by atoms with van der Waals surface area (Å²) in [6.45, 7) is 6.43. The molecule has 0 unspecified atom stereocenters.